The summed E-state index contributed by atoms with van der Waals surface area (Å²) in [5, 5.41) is 2.05. The van der Waals surface area contributed by atoms with Gasteiger partial charge in [-0.2, -0.15) is 0 Å². The van der Waals surface area contributed by atoms with Crippen molar-refractivity contribution in [3.05, 3.63) is 34.0 Å². The van der Waals surface area contributed by atoms with Crippen molar-refractivity contribution in [3.63, 3.8) is 0 Å². The Bertz CT molecular complexity index is 518. The fourth-order valence-electron chi connectivity index (χ4n) is 2.17. The highest BCUT2D eigenvalue weighted by atomic mass is 35.5. The maximum Gasteiger partial charge on any atom is 0.0649 e. The number of hydrogen-bond acceptors (Lipinski definition) is 1. The first-order chi connectivity index (χ1) is 7.63. The number of fused-ring (bicyclic) bond motifs is 1. The summed E-state index contributed by atoms with van der Waals surface area (Å²) in [5.41, 5.74) is 10.4. The molecule has 0 aliphatic carbocycles. The molecule has 2 aromatic rings. The molecule has 0 fully saturated rings. The van der Waals surface area contributed by atoms with Gasteiger partial charge in [0, 0.05) is 11.1 Å². The first-order valence-electron chi connectivity index (χ1n) is 5.61. The van der Waals surface area contributed by atoms with Crippen LogP contribution in [-0.2, 0) is 6.42 Å². The fourth-order valence-corrected chi connectivity index (χ4v) is 2.49. The summed E-state index contributed by atoms with van der Waals surface area (Å²) >= 11 is 6.23. The molecule has 2 nitrogen and oxygen atoms in total. The van der Waals surface area contributed by atoms with E-state index in [1.807, 2.05) is 6.07 Å². The van der Waals surface area contributed by atoms with Gasteiger partial charge in [0.15, 0.2) is 0 Å². The summed E-state index contributed by atoms with van der Waals surface area (Å²) in [6.07, 6.45) is 2.03. The first kappa shape index (κ1) is 14.4. The second-order valence-corrected chi connectivity index (χ2v) is 4.70. The van der Waals surface area contributed by atoms with E-state index in [1.54, 1.807) is 0 Å². The van der Waals surface area contributed by atoms with Crippen molar-refractivity contribution in [2.75, 3.05) is 6.54 Å². The molecule has 0 saturated heterocycles. The molecule has 1 aromatic carbocycles. The molecule has 1 aromatic heterocycles. The summed E-state index contributed by atoms with van der Waals surface area (Å²) in [4.78, 5) is 3.36. The normalized spacial score (nSPS) is 10.6. The molecule has 94 valence electrons. The maximum atomic E-state index is 6.23. The van der Waals surface area contributed by atoms with Gasteiger partial charge in [0.1, 0.15) is 0 Å². The van der Waals surface area contributed by atoms with Gasteiger partial charge >= 0.3 is 0 Å². The Kier molecular flexibility index (Phi) is 4.87. The molecular formula is C13H18Cl2N2. The Morgan fingerprint density at radius 1 is 1.29 bits per heavy atom. The Hall–Kier alpha value is -0.700. The van der Waals surface area contributed by atoms with E-state index in [2.05, 4.69) is 24.9 Å². The molecule has 0 atom stereocenters. The quantitative estimate of drug-likeness (QED) is 0.878. The van der Waals surface area contributed by atoms with Gasteiger partial charge in [-0.05, 0) is 56.5 Å². The maximum absolute atomic E-state index is 6.23. The van der Waals surface area contributed by atoms with Gasteiger partial charge < -0.3 is 10.7 Å². The highest BCUT2D eigenvalue weighted by Gasteiger charge is 2.10. The number of aromatic amines is 1. The molecule has 3 N–H and O–H groups in total. The molecule has 2 rings (SSSR count). The van der Waals surface area contributed by atoms with E-state index in [4.69, 9.17) is 17.3 Å². The van der Waals surface area contributed by atoms with Crippen LogP contribution in [0.2, 0.25) is 5.02 Å². The number of rotatable bonds is 3. The predicted molar refractivity (Wildman–Crippen MR) is 77.4 cm³/mol. The lowest BCUT2D eigenvalue weighted by atomic mass is 10.0. The molecule has 0 radical (unpaired) electrons. The number of aromatic nitrogens is 1. The number of nitrogens with two attached hydrogens (primary N) is 1. The van der Waals surface area contributed by atoms with Crippen molar-refractivity contribution in [2.45, 2.75) is 26.7 Å². The molecule has 0 aliphatic rings. The predicted octanol–water partition coefficient (Wildman–Crippen LogP) is 3.75. The smallest absolute Gasteiger partial charge is 0.0649 e. The first-order valence-corrected chi connectivity index (χ1v) is 5.98. The second kappa shape index (κ2) is 5.76. The number of halogens is 2. The number of hydrogen-bond donors (Lipinski definition) is 2. The van der Waals surface area contributed by atoms with Crippen LogP contribution in [0, 0.1) is 13.8 Å². The third-order valence-corrected chi connectivity index (χ3v) is 3.25. The largest absolute Gasteiger partial charge is 0.357 e. The van der Waals surface area contributed by atoms with E-state index in [-0.39, 0.29) is 12.4 Å². The van der Waals surface area contributed by atoms with Crippen LogP contribution in [0.1, 0.15) is 23.2 Å². The van der Waals surface area contributed by atoms with Crippen molar-refractivity contribution < 1.29 is 0 Å². The zero-order valence-corrected chi connectivity index (χ0v) is 11.7. The van der Waals surface area contributed by atoms with Crippen molar-refractivity contribution >= 4 is 34.9 Å². The Morgan fingerprint density at radius 3 is 2.65 bits per heavy atom. The highest BCUT2D eigenvalue weighted by Crippen LogP contribution is 2.30. The molecule has 17 heavy (non-hydrogen) atoms. The number of nitrogens with one attached hydrogen (secondary N) is 1. The number of aryl methyl sites for hydroxylation is 3. The average Bonchev–Trinajstić information content (AvgIpc) is 2.53. The zero-order valence-electron chi connectivity index (χ0n) is 10.1. The van der Waals surface area contributed by atoms with Crippen LogP contribution in [-0.4, -0.2) is 11.5 Å². The van der Waals surface area contributed by atoms with E-state index in [9.17, 15) is 0 Å². The van der Waals surface area contributed by atoms with Gasteiger partial charge in [0.05, 0.1) is 10.5 Å². The van der Waals surface area contributed by atoms with Crippen LogP contribution >= 0.6 is 24.0 Å². The summed E-state index contributed by atoms with van der Waals surface area (Å²) in [6.45, 7) is 4.89. The van der Waals surface area contributed by atoms with Gasteiger partial charge in [0.25, 0.3) is 0 Å². The third kappa shape index (κ3) is 2.76. The Balaban J connectivity index is 0.00000144. The molecular weight excluding hydrogens is 255 g/mol. The highest BCUT2D eigenvalue weighted by molar-refractivity contribution is 6.35. The molecule has 0 amide bonds. The molecule has 0 bridgehead atoms. The summed E-state index contributed by atoms with van der Waals surface area (Å²) in [7, 11) is 0. The van der Waals surface area contributed by atoms with Crippen molar-refractivity contribution in [3.8, 4) is 0 Å². The Morgan fingerprint density at radius 2 is 2.00 bits per heavy atom. The van der Waals surface area contributed by atoms with Gasteiger partial charge in [-0.15, -0.1) is 12.4 Å². The van der Waals surface area contributed by atoms with Crippen LogP contribution in [0.3, 0.4) is 0 Å². The van der Waals surface area contributed by atoms with Gasteiger partial charge in [-0.3, -0.25) is 0 Å². The van der Waals surface area contributed by atoms with E-state index in [0.29, 0.717) is 0 Å². The van der Waals surface area contributed by atoms with Crippen molar-refractivity contribution in [2.24, 2.45) is 5.73 Å². The molecule has 0 saturated carbocycles. The minimum atomic E-state index is 0. The van der Waals surface area contributed by atoms with E-state index >= 15 is 0 Å². The third-order valence-electron chi connectivity index (χ3n) is 2.96. The minimum absolute atomic E-state index is 0. The van der Waals surface area contributed by atoms with Crippen LogP contribution in [0.15, 0.2) is 12.1 Å². The van der Waals surface area contributed by atoms with Crippen molar-refractivity contribution in [1.29, 1.82) is 0 Å². The lowest BCUT2D eigenvalue weighted by Gasteiger charge is -2.01. The van der Waals surface area contributed by atoms with Gasteiger partial charge in [-0.25, -0.2) is 0 Å². The number of benzene rings is 1. The summed E-state index contributed by atoms with van der Waals surface area (Å²) in [5.74, 6) is 0. The minimum Gasteiger partial charge on any atom is -0.357 e. The lowest BCUT2D eigenvalue weighted by Crippen LogP contribution is -2.00. The molecule has 4 heteroatoms. The van der Waals surface area contributed by atoms with E-state index < -0.39 is 0 Å². The summed E-state index contributed by atoms with van der Waals surface area (Å²) < 4.78 is 0. The van der Waals surface area contributed by atoms with E-state index in [0.717, 1.165) is 29.9 Å². The summed E-state index contributed by atoms with van der Waals surface area (Å²) in [6, 6.07) is 4.18. The topological polar surface area (TPSA) is 41.8 Å². The van der Waals surface area contributed by atoms with Crippen LogP contribution in [0.25, 0.3) is 10.9 Å². The fraction of sp³-hybridized carbons (Fsp3) is 0.385. The zero-order chi connectivity index (χ0) is 11.7. The van der Waals surface area contributed by atoms with Gasteiger partial charge in [-0.1, -0.05) is 11.6 Å². The van der Waals surface area contributed by atoms with Crippen LogP contribution in [0.5, 0.6) is 0 Å². The molecule has 0 unspecified atom stereocenters. The lowest BCUT2D eigenvalue weighted by molar-refractivity contribution is 0.831. The SMILES string of the molecule is Cc1cc(Cl)c2[nH]c(C)c(CCCN)c2c1.Cl. The van der Waals surface area contributed by atoms with Crippen LogP contribution < -0.4 is 5.73 Å². The average molecular weight is 273 g/mol. The Labute approximate surface area is 113 Å². The molecule has 0 spiro atoms. The van der Waals surface area contributed by atoms with Gasteiger partial charge in [0.2, 0.25) is 0 Å². The molecule has 0 aliphatic heterocycles. The standard InChI is InChI=1S/C13H17ClN2.ClH/c1-8-6-11-10(4-3-5-15)9(2)16-13(11)12(14)7-8;/h6-7,16H,3-5,15H2,1-2H3;1H. The number of H-pyrrole nitrogens is 1. The van der Waals surface area contributed by atoms with E-state index in [1.165, 1.54) is 22.2 Å². The van der Waals surface area contributed by atoms with Crippen LogP contribution in [0.4, 0.5) is 0 Å². The monoisotopic (exact) mass is 272 g/mol. The molecule has 1 heterocycles. The van der Waals surface area contributed by atoms with Crippen molar-refractivity contribution in [1.82, 2.24) is 4.98 Å². The second-order valence-electron chi connectivity index (χ2n) is 4.29.